The molecule has 4 nitrogen and oxygen atoms in total. The molecule has 1 aromatic heterocycles. The molecular weight excluding hydrogens is 228 g/mol. The minimum absolute atomic E-state index is 0.0118. The molecule has 2 aliphatic rings. The highest BCUT2D eigenvalue weighted by atomic mass is 19.3. The molecule has 1 aliphatic carbocycles. The second-order valence-corrected chi connectivity index (χ2v) is 4.72. The first-order chi connectivity index (χ1) is 7.99. The smallest absolute Gasteiger partial charge is 0.257 e. The van der Waals surface area contributed by atoms with Crippen LogP contribution >= 0.6 is 0 Å². The predicted octanol–water partition coefficient (Wildman–Crippen LogP) is 1.76. The topological polar surface area (TPSA) is 38.1 Å². The molecule has 2 heterocycles. The van der Waals surface area contributed by atoms with E-state index >= 15 is 0 Å². The first kappa shape index (κ1) is 10.7. The lowest BCUT2D eigenvalue weighted by Gasteiger charge is -2.13. The number of nitrogens with zero attached hydrogens (tertiary/aromatic N) is 3. The Morgan fingerprint density at radius 2 is 2.24 bits per heavy atom. The number of carbonyl (C=O) groups is 1. The number of alkyl halides is 2. The molecule has 1 unspecified atom stereocenters. The van der Waals surface area contributed by atoms with Crippen LogP contribution in [0.15, 0.2) is 6.07 Å². The Hall–Kier alpha value is -1.46. The van der Waals surface area contributed by atoms with Gasteiger partial charge in [-0.05, 0) is 6.42 Å². The zero-order chi connectivity index (χ0) is 12.2. The molecule has 1 aromatic rings. The van der Waals surface area contributed by atoms with Gasteiger partial charge >= 0.3 is 0 Å². The molecule has 1 fully saturated rings. The quantitative estimate of drug-likeness (QED) is 0.751. The van der Waals surface area contributed by atoms with Crippen LogP contribution in [0.2, 0.25) is 0 Å². The van der Waals surface area contributed by atoms with Gasteiger partial charge in [0.2, 0.25) is 5.91 Å². The minimum atomic E-state index is -2.61. The van der Waals surface area contributed by atoms with Crippen molar-refractivity contribution in [3.8, 4) is 0 Å². The summed E-state index contributed by atoms with van der Waals surface area (Å²) in [5, 5.41) is 4.20. The standard InChI is InChI=1S/C11H13F2N3O/c1-15-9-5-8(7-6-11(7,12)13)14-16(9)4-2-3-10(15)17/h5,7H,2-4,6H2,1H3. The third kappa shape index (κ3) is 1.62. The van der Waals surface area contributed by atoms with E-state index in [0.29, 0.717) is 30.9 Å². The summed E-state index contributed by atoms with van der Waals surface area (Å²) in [6.07, 6.45) is 1.06. The number of fused-ring (bicyclic) bond motifs is 1. The summed E-state index contributed by atoms with van der Waals surface area (Å²) in [6, 6.07) is 1.62. The van der Waals surface area contributed by atoms with E-state index in [9.17, 15) is 13.6 Å². The Bertz CT molecular complexity index is 483. The van der Waals surface area contributed by atoms with Crippen molar-refractivity contribution in [3.63, 3.8) is 0 Å². The van der Waals surface area contributed by atoms with Gasteiger partial charge in [0.25, 0.3) is 5.92 Å². The van der Waals surface area contributed by atoms with Gasteiger partial charge in [-0.25, -0.2) is 13.5 Å². The van der Waals surface area contributed by atoms with Crippen molar-refractivity contribution in [1.29, 1.82) is 0 Å². The molecule has 0 aromatic carbocycles. The molecule has 92 valence electrons. The second kappa shape index (κ2) is 3.27. The van der Waals surface area contributed by atoms with Crippen LogP contribution in [0, 0.1) is 0 Å². The Morgan fingerprint density at radius 1 is 1.53 bits per heavy atom. The summed E-state index contributed by atoms with van der Waals surface area (Å²) < 4.78 is 27.6. The molecular formula is C11H13F2N3O. The molecule has 0 spiro atoms. The fourth-order valence-electron chi connectivity index (χ4n) is 2.24. The Balaban J connectivity index is 1.95. The van der Waals surface area contributed by atoms with Gasteiger partial charge in [-0.3, -0.25) is 4.79 Å². The summed E-state index contributed by atoms with van der Waals surface area (Å²) in [7, 11) is 1.66. The minimum Gasteiger partial charge on any atom is -0.300 e. The van der Waals surface area contributed by atoms with Gasteiger partial charge in [-0.15, -0.1) is 0 Å². The number of aryl methyl sites for hydroxylation is 1. The van der Waals surface area contributed by atoms with Gasteiger partial charge in [0.15, 0.2) is 0 Å². The molecule has 1 amide bonds. The van der Waals surface area contributed by atoms with Crippen LogP contribution < -0.4 is 4.90 Å². The molecule has 1 atom stereocenters. The van der Waals surface area contributed by atoms with E-state index in [-0.39, 0.29) is 12.3 Å². The monoisotopic (exact) mass is 241 g/mol. The fraction of sp³-hybridized carbons (Fsp3) is 0.636. The number of aromatic nitrogens is 2. The van der Waals surface area contributed by atoms with Gasteiger partial charge in [0.1, 0.15) is 5.82 Å². The van der Waals surface area contributed by atoms with Crippen molar-refractivity contribution in [2.75, 3.05) is 11.9 Å². The van der Waals surface area contributed by atoms with Gasteiger partial charge in [-0.2, -0.15) is 5.10 Å². The zero-order valence-corrected chi connectivity index (χ0v) is 9.49. The maximum absolute atomic E-state index is 13.0. The molecule has 0 saturated heterocycles. The fourth-order valence-corrected chi connectivity index (χ4v) is 2.24. The Kier molecular flexibility index (Phi) is 2.06. The normalized spacial score (nSPS) is 26.6. The van der Waals surface area contributed by atoms with Crippen molar-refractivity contribution in [3.05, 3.63) is 11.8 Å². The van der Waals surface area contributed by atoms with Crippen LogP contribution in [-0.4, -0.2) is 28.7 Å². The first-order valence-corrected chi connectivity index (χ1v) is 5.71. The van der Waals surface area contributed by atoms with Gasteiger partial charge in [-0.1, -0.05) is 0 Å². The summed E-state index contributed by atoms with van der Waals surface area (Å²) in [5.74, 6) is -2.73. The second-order valence-electron chi connectivity index (χ2n) is 4.72. The first-order valence-electron chi connectivity index (χ1n) is 5.71. The predicted molar refractivity (Wildman–Crippen MR) is 57.2 cm³/mol. The molecule has 17 heavy (non-hydrogen) atoms. The van der Waals surface area contributed by atoms with E-state index in [1.54, 1.807) is 17.8 Å². The summed E-state index contributed by atoms with van der Waals surface area (Å²) in [5.41, 5.74) is 0.409. The van der Waals surface area contributed by atoms with E-state index in [1.165, 1.54) is 4.90 Å². The maximum Gasteiger partial charge on any atom is 0.257 e. The lowest BCUT2D eigenvalue weighted by molar-refractivity contribution is -0.118. The molecule has 0 bridgehead atoms. The van der Waals surface area contributed by atoms with Gasteiger partial charge in [0, 0.05) is 32.5 Å². The van der Waals surface area contributed by atoms with Crippen LogP contribution in [0.5, 0.6) is 0 Å². The Labute approximate surface area is 97.2 Å². The third-order valence-corrected chi connectivity index (χ3v) is 3.44. The van der Waals surface area contributed by atoms with Crippen molar-refractivity contribution >= 4 is 11.7 Å². The molecule has 1 aliphatic heterocycles. The lowest BCUT2D eigenvalue weighted by Crippen LogP contribution is -2.25. The van der Waals surface area contributed by atoms with Gasteiger partial charge in [0.05, 0.1) is 11.6 Å². The summed E-state index contributed by atoms with van der Waals surface area (Å²) in [4.78, 5) is 13.1. The number of amides is 1. The number of carbonyl (C=O) groups excluding carboxylic acids is 1. The molecule has 0 radical (unpaired) electrons. The molecule has 6 heteroatoms. The summed E-state index contributed by atoms with van der Waals surface area (Å²) in [6.45, 7) is 0.615. The van der Waals surface area contributed by atoms with Crippen molar-refractivity contribution in [1.82, 2.24) is 9.78 Å². The van der Waals surface area contributed by atoms with Crippen LogP contribution in [0.1, 0.15) is 30.9 Å². The molecule has 0 N–H and O–H groups in total. The number of hydrogen-bond acceptors (Lipinski definition) is 2. The van der Waals surface area contributed by atoms with Crippen LogP contribution in [-0.2, 0) is 11.3 Å². The molecule has 3 rings (SSSR count). The highest BCUT2D eigenvalue weighted by molar-refractivity contribution is 5.92. The lowest BCUT2D eigenvalue weighted by atomic mass is 10.3. The van der Waals surface area contributed by atoms with Gasteiger partial charge < -0.3 is 4.90 Å². The van der Waals surface area contributed by atoms with Crippen molar-refractivity contribution in [2.45, 2.75) is 37.6 Å². The number of halogens is 2. The number of rotatable bonds is 1. The highest BCUT2D eigenvalue weighted by Gasteiger charge is 2.59. The van der Waals surface area contributed by atoms with E-state index < -0.39 is 11.8 Å². The maximum atomic E-state index is 13.0. The highest BCUT2D eigenvalue weighted by Crippen LogP contribution is 2.55. The van der Waals surface area contributed by atoms with E-state index in [4.69, 9.17) is 0 Å². The van der Waals surface area contributed by atoms with Crippen molar-refractivity contribution in [2.24, 2.45) is 0 Å². The average molecular weight is 241 g/mol. The molecule has 1 saturated carbocycles. The van der Waals surface area contributed by atoms with Crippen molar-refractivity contribution < 1.29 is 13.6 Å². The van der Waals surface area contributed by atoms with E-state index in [2.05, 4.69) is 5.10 Å². The van der Waals surface area contributed by atoms with Crippen LogP contribution in [0.25, 0.3) is 0 Å². The number of hydrogen-bond donors (Lipinski definition) is 0. The largest absolute Gasteiger partial charge is 0.300 e. The number of anilines is 1. The van der Waals surface area contributed by atoms with Crippen LogP contribution in [0.4, 0.5) is 14.6 Å². The third-order valence-electron chi connectivity index (χ3n) is 3.44. The van der Waals surface area contributed by atoms with E-state index in [1.807, 2.05) is 0 Å². The van der Waals surface area contributed by atoms with E-state index in [0.717, 1.165) is 0 Å². The SMILES string of the molecule is CN1C(=O)CCCn2nc(C3CC3(F)F)cc21. The zero-order valence-electron chi connectivity index (χ0n) is 9.49. The Morgan fingerprint density at radius 3 is 2.88 bits per heavy atom. The summed E-state index contributed by atoms with van der Waals surface area (Å²) >= 11 is 0. The van der Waals surface area contributed by atoms with Crippen LogP contribution in [0.3, 0.4) is 0 Å². The average Bonchev–Trinajstić information content (AvgIpc) is 2.75.